The fourth-order valence-corrected chi connectivity index (χ4v) is 3.16. The van der Waals surface area contributed by atoms with Crippen LogP contribution < -0.4 is 0 Å². The van der Waals surface area contributed by atoms with Gasteiger partial charge in [0.05, 0.1) is 18.2 Å². The number of amides is 1. The van der Waals surface area contributed by atoms with Crippen LogP contribution in [0.25, 0.3) is 0 Å². The first-order chi connectivity index (χ1) is 12.7. The Kier molecular flexibility index (Phi) is 8.07. The largest absolute Gasteiger partial charge is 0.334 e. The highest BCUT2D eigenvalue weighted by Crippen LogP contribution is 2.10. The summed E-state index contributed by atoms with van der Waals surface area (Å²) in [5.74, 6) is 0.130. The molecule has 1 saturated heterocycles. The summed E-state index contributed by atoms with van der Waals surface area (Å²) in [7, 11) is 0. The number of carbonyl (C=O) groups excluding carboxylic acids is 1. The number of nitriles is 1. The molecule has 0 unspecified atom stereocenters. The van der Waals surface area contributed by atoms with E-state index < -0.39 is 0 Å². The highest BCUT2D eigenvalue weighted by molar-refractivity contribution is 5.78. The van der Waals surface area contributed by atoms with Gasteiger partial charge in [-0.25, -0.2) is 0 Å². The van der Waals surface area contributed by atoms with Crippen molar-refractivity contribution >= 4 is 5.91 Å². The lowest BCUT2D eigenvalue weighted by Gasteiger charge is -2.25. The predicted molar refractivity (Wildman–Crippen MR) is 104 cm³/mol. The van der Waals surface area contributed by atoms with E-state index in [0.717, 1.165) is 39.1 Å². The van der Waals surface area contributed by atoms with Crippen molar-refractivity contribution in [3.8, 4) is 6.07 Å². The first kappa shape index (κ1) is 19.9. The third-order valence-electron chi connectivity index (χ3n) is 4.58. The van der Waals surface area contributed by atoms with Gasteiger partial charge in [-0.1, -0.05) is 24.3 Å². The van der Waals surface area contributed by atoms with Crippen molar-refractivity contribution in [1.29, 1.82) is 5.26 Å². The van der Waals surface area contributed by atoms with Gasteiger partial charge >= 0.3 is 0 Å². The van der Waals surface area contributed by atoms with Crippen LogP contribution in [-0.4, -0.2) is 66.4 Å². The molecule has 1 aliphatic heterocycles. The van der Waals surface area contributed by atoms with Gasteiger partial charge in [0.2, 0.25) is 5.91 Å². The maximum Gasteiger partial charge on any atom is 0.237 e. The van der Waals surface area contributed by atoms with Gasteiger partial charge in [0.15, 0.2) is 0 Å². The monoisotopic (exact) mass is 352 g/mol. The fraction of sp³-hybridized carbons (Fsp3) is 0.429. The number of rotatable bonds is 8. The smallest absolute Gasteiger partial charge is 0.237 e. The van der Waals surface area contributed by atoms with Crippen LogP contribution in [0.2, 0.25) is 0 Å². The molecule has 26 heavy (non-hydrogen) atoms. The Bertz CT molecular complexity index is 637. The number of hydrogen-bond acceptors (Lipinski definition) is 4. The van der Waals surface area contributed by atoms with Crippen LogP contribution in [0.5, 0.6) is 0 Å². The molecule has 0 spiro atoms. The minimum absolute atomic E-state index is 0.130. The summed E-state index contributed by atoms with van der Waals surface area (Å²) in [6, 6.07) is 9.93. The second kappa shape index (κ2) is 10.5. The van der Waals surface area contributed by atoms with Crippen molar-refractivity contribution in [3.63, 3.8) is 0 Å². The van der Waals surface area contributed by atoms with E-state index in [-0.39, 0.29) is 5.91 Å². The van der Waals surface area contributed by atoms with Gasteiger partial charge in [-0.05, 0) is 37.2 Å². The maximum atomic E-state index is 12.5. The van der Waals surface area contributed by atoms with Crippen LogP contribution >= 0.6 is 0 Å². The molecule has 1 aromatic rings. The van der Waals surface area contributed by atoms with E-state index in [2.05, 4.69) is 29.0 Å². The van der Waals surface area contributed by atoms with E-state index in [1.165, 1.54) is 5.56 Å². The minimum Gasteiger partial charge on any atom is -0.334 e. The zero-order valence-electron chi connectivity index (χ0n) is 15.4. The molecule has 1 fully saturated rings. The molecular weight excluding hydrogens is 324 g/mol. The van der Waals surface area contributed by atoms with Gasteiger partial charge in [-0.15, -0.1) is 13.2 Å². The summed E-state index contributed by atoms with van der Waals surface area (Å²) in [6.07, 6.45) is 4.55. The molecule has 0 aliphatic carbocycles. The molecule has 1 amide bonds. The molecule has 5 nitrogen and oxygen atoms in total. The van der Waals surface area contributed by atoms with E-state index in [1.54, 1.807) is 17.1 Å². The van der Waals surface area contributed by atoms with Crippen LogP contribution in [0.1, 0.15) is 17.5 Å². The average Bonchev–Trinajstić information content (AvgIpc) is 2.87. The normalized spacial score (nSPS) is 15.7. The van der Waals surface area contributed by atoms with Gasteiger partial charge in [0.25, 0.3) is 0 Å². The van der Waals surface area contributed by atoms with E-state index in [0.29, 0.717) is 25.2 Å². The average molecular weight is 352 g/mol. The molecular formula is C21H28N4O. The Morgan fingerprint density at radius 3 is 2.31 bits per heavy atom. The summed E-state index contributed by atoms with van der Waals surface area (Å²) < 4.78 is 0. The van der Waals surface area contributed by atoms with Crippen LogP contribution in [0.3, 0.4) is 0 Å². The molecule has 2 rings (SSSR count). The maximum absolute atomic E-state index is 12.5. The van der Waals surface area contributed by atoms with Crippen molar-refractivity contribution < 1.29 is 4.79 Å². The Labute approximate surface area is 156 Å². The molecule has 0 aromatic heterocycles. The molecule has 0 radical (unpaired) electrons. The zero-order chi connectivity index (χ0) is 18.8. The lowest BCUT2D eigenvalue weighted by Crippen LogP contribution is -2.41. The molecule has 0 bridgehead atoms. The standard InChI is InChI=1S/C21H28N4O/c1-3-10-25(11-4-2)21(26)18-24-13-5-12-23(14-15-24)17-20-8-6-19(16-22)7-9-20/h3-4,6-9H,1-2,5,10-15,17-18H2. The highest BCUT2D eigenvalue weighted by Gasteiger charge is 2.19. The molecule has 5 heteroatoms. The topological polar surface area (TPSA) is 50.6 Å². The van der Waals surface area contributed by atoms with Crippen molar-refractivity contribution in [2.75, 3.05) is 45.8 Å². The second-order valence-electron chi connectivity index (χ2n) is 6.59. The number of nitrogens with zero attached hydrogens (tertiary/aromatic N) is 4. The fourth-order valence-electron chi connectivity index (χ4n) is 3.16. The van der Waals surface area contributed by atoms with Gasteiger partial charge in [0, 0.05) is 32.7 Å². The molecule has 0 N–H and O–H groups in total. The summed E-state index contributed by atoms with van der Waals surface area (Å²) in [5, 5.41) is 8.89. The van der Waals surface area contributed by atoms with E-state index >= 15 is 0 Å². The van der Waals surface area contributed by atoms with Crippen molar-refractivity contribution in [3.05, 3.63) is 60.7 Å². The third-order valence-corrected chi connectivity index (χ3v) is 4.58. The van der Waals surface area contributed by atoms with Gasteiger partial charge in [-0.2, -0.15) is 5.26 Å². The zero-order valence-corrected chi connectivity index (χ0v) is 15.4. The van der Waals surface area contributed by atoms with E-state index in [9.17, 15) is 4.79 Å². The lowest BCUT2D eigenvalue weighted by molar-refractivity contribution is -0.131. The van der Waals surface area contributed by atoms with E-state index in [1.807, 2.05) is 24.3 Å². The van der Waals surface area contributed by atoms with Gasteiger partial charge in [0.1, 0.15) is 0 Å². The van der Waals surface area contributed by atoms with Gasteiger partial charge < -0.3 is 4.90 Å². The summed E-state index contributed by atoms with van der Waals surface area (Å²) in [4.78, 5) is 18.9. The van der Waals surface area contributed by atoms with Gasteiger partial charge in [-0.3, -0.25) is 14.6 Å². The summed E-state index contributed by atoms with van der Waals surface area (Å²) in [6.45, 7) is 13.7. The second-order valence-corrected chi connectivity index (χ2v) is 6.59. The van der Waals surface area contributed by atoms with Crippen LogP contribution in [0.4, 0.5) is 0 Å². The minimum atomic E-state index is 0.130. The van der Waals surface area contributed by atoms with Crippen molar-refractivity contribution in [1.82, 2.24) is 14.7 Å². The number of carbonyl (C=O) groups is 1. The molecule has 0 atom stereocenters. The quantitative estimate of drug-likeness (QED) is 0.674. The van der Waals surface area contributed by atoms with Crippen LogP contribution in [0, 0.1) is 11.3 Å². The SMILES string of the molecule is C=CCN(CC=C)C(=O)CN1CCCN(Cc2ccc(C#N)cc2)CC1. The van der Waals surface area contributed by atoms with Crippen LogP contribution in [0.15, 0.2) is 49.6 Å². The molecule has 0 saturated carbocycles. The lowest BCUT2D eigenvalue weighted by atomic mass is 10.1. The van der Waals surface area contributed by atoms with Crippen molar-refractivity contribution in [2.24, 2.45) is 0 Å². The Balaban J connectivity index is 1.84. The Hall–Kier alpha value is -2.42. The first-order valence-corrected chi connectivity index (χ1v) is 9.09. The third kappa shape index (κ3) is 6.14. The highest BCUT2D eigenvalue weighted by atomic mass is 16.2. The molecule has 1 heterocycles. The Morgan fingerprint density at radius 2 is 1.69 bits per heavy atom. The Morgan fingerprint density at radius 1 is 1.08 bits per heavy atom. The van der Waals surface area contributed by atoms with Crippen molar-refractivity contribution in [2.45, 2.75) is 13.0 Å². The molecule has 1 aliphatic rings. The summed E-state index contributed by atoms with van der Waals surface area (Å²) >= 11 is 0. The molecule has 1 aromatic carbocycles. The number of hydrogen-bond donors (Lipinski definition) is 0. The number of benzene rings is 1. The summed E-state index contributed by atoms with van der Waals surface area (Å²) in [5.41, 5.74) is 1.91. The first-order valence-electron chi connectivity index (χ1n) is 9.09. The predicted octanol–water partition coefficient (Wildman–Crippen LogP) is 2.27. The molecule has 138 valence electrons. The van der Waals surface area contributed by atoms with E-state index in [4.69, 9.17) is 5.26 Å². The van der Waals surface area contributed by atoms with Crippen LogP contribution in [-0.2, 0) is 11.3 Å².